The molecule has 1 heterocycles. The van der Waals surface area contributed by atoms with Gasteiger partial charge >= 0.3 is 6.09 Å². The number of hydrogen-bond donors (Lipinski definition) is 3. The van der Waals surface area contributed by atoms with Gasteiger partial charge in [-0.25, -0.2) is 9.78 Å². The number of hydrogen-bond acceptors (Lipinski definition) is 5. The summed E-state index contributed by atoms with van der Waals surface area (Å²) in [5.74, 6) is 0.519. The summed E-state index contributed by atoms with van der Waals surface area (Å²) in [6, 6.07) is 6.57. The van der Waals surface area contributed by atoms with Gasteiger partial charge in [-0.1, -0.05) is 0 Å². The zero-order valence-corrected chi connectivity index (χ0v) is 13.9. The van der Waals surface area contributed by atoms with Crippen molar-refractivity contribution in [1.29, 1.82) is 0 Å². The highest BCUT2D eigenvalue weighted by Gasteiger charge is 2.16. The fraction of sp³-hybridized carbons (Fsp3) is 0.375. The van der Waals surface area contributed by atoms with Crippen molar-refractivity contribution >= 4 is 17.7 Å². The summed E-state index contributed by atoms with van der Waals surface area (Å²) in [6.45, 7) is 5.82. The Labute approximate surface area is 140 Å². The SMILES string of the molecule is CC(C)(C)OC(=O)Nc1ccc(C(=O)NCCc2ncn[nH]2)cc1. The molecule has 2 aromatic rings. The second-order valence-corrected chi connectivity index (χ2v) is 6.14. The van der Waals surface area contributed by atoms with Crippen LogP contribution in [0.1, 0.15) is 37.0 Å². The Balaban J connectivity index is 1.82. The molecule has 0 unspecified atom stereocenters. The molecule has 0 radical (unpaired) electrons. The minimum absolute atomic E-state index is 0.196. The minimum Gasteiger partial charge on any atom is -0.444 e. The van der Waals surface area contributed by atoms with Crippen LogP contribution in [0.4, 0.5) is 10.5 Å². The van der Waals surface area contributed by atoms with Crippen LogP contribution in [0.25, 0.3) is 0 Å². The maximum Gasteiger partial charge on any atom is 0.412 e. The largest absolute Gasteiger partial charge is 0.444 e. The average Bonchev–Trinajstić information content (AvgIpc) is 2.99. The molecule has 128 valence electrons. The molecule has 0 bridgehead atoms. The zero-order valence-electron chi connectivity index (χ0n) is 13.9. The van der Waals surface area contributed by atoms with Crippen molar-refractivity contribution in [3.8, 4) is 0 Å². The van der Waals surface area contributed by atoms with Gasteiger partial charge < -0.3 is 10.1 Å². The van der Waals surface area contributed by atoms with E-state index in [2.05, 4.69) is 25.8 Å². The van der Waals surface area contributed by atoms with Crippen molar-refractivity contribution in [1.82, 2.24) is 20.5 Å². The molecule has 1 aromatic carbocycles. The van der Waals surface area contributed by atoms with E-state index >= 15 is 0 Å². The Morgan fingerprint density at radius 2 is 1.92 bits per heavy atom. The molecule has 8 nitrogen and oxygen atoms in total. The van der Waals surface area contributed by atoms with Crippen molar-refractivity contribution in [3.63, 3.8) is 0 Å². The van der Waals surface area contributed by atoms with Crippen molar-refractivity contribution in [3.05, 3.63) is 42.0 Å². The number of benzene rings is 1. The second kappa shape index (κ2) is 7.58. The molecule has 0 saturated heterocycles. The fourth-order valence-corrected chi connectivity index (χ4v) is 1.87. The third-order valence-electron chi connectivity index (χ3n) is 2.90. The molecular weight excluding hydrogens is 310 g/mol. The van der Waals surface area contributed by atoms with Crippen LogP contribution >= 0.6 is 0 Å². The summed E-state index contributed by atoms with van der Waals surface area (Å²) < 4.78 is 5.16. The smallest absolute Gasteiger partial charge is 0.412 e. The van der Waals surface area contributed by atoms with Crippen LogP contribution in [0.2, 0.25) is 0 Å². The first-order chi connectivity index (χ1) is 11.3. The Hall–Kier alpha value is -2.90. The van der Waals surface area contributed by atoms with Crippen LogP contribution in [0.5, 0.6) is 0 Å². The fourth-order valence-electron chi connectivity index (χ4n) is 1.87. The highest BCUT2D eigenvalue weighted by atomic mass is 16.6. The molecule has 0 aliphatic carbocycles. The van der Waals surface area contributed by atoms with Gasteiger partial charge in [0.1, 0.15) is 17.8 Å². The number of H-pyrrole nitrogens is 1. The van der Waals surface area contributed by atoms with E-state index in [4.69, 9.17) is 4.74 Å². The number of carbonyl (C=O) groups excluding carboxylic acids is 2. The maximum absolute atomic E-state index is 12.0. The van der Waals surface area contributed by atoms with Crippen LogP contribution in [-0.4, -0.2) is 39.3 Å². The van der Waals surface area contributed by atoms with E-state index in [0.29, 0.717) is 30.0 Å². The third kappa shape index (κ3) is 5.71. The van der Waals surface area contributed by atoms with Gasteiger partial charge in [-0.2, -0.15) is 5.10 Å². The maximum atomic E-state index is 12.0. The Bertz CT molecular complexity index is 675. The molecule has 0 fully saturated rings. The van der Waals surface area contributed by atoms with Crippen LogP contribution in [0.15, 0.2) is 30.6 Å². The predicted octanol–water partition coefficient (Wildman–Crippen LogP) is 2.12. The van der Waals surface area contributed by atoms with Gasteiger partial charge in [0.25, 0.3) is 5.91 Å². The van der Waals surface area contributed by atoms with Gasteiger partial charge in [-0.05, 0) is 45.0 Å². The van der Waals surface area contributed by atoms with Crippen molar-refractivity contribution in [2.45, 2.75) is 32.8 Å². The van der Waals surface area contributed by atoms with E-state index in [9.17, 15) is 9.59 Å². The molecule has 0 aliphatic rings. The molecular formula is C16H21N5O3. The summed E-state index contributed by atoms with van der Waals surface area (Å²) in [5.41, 5.74) is 0.498. The van der Waals surface area contributed by atoms with Crippen LogP contribution < -0.4 is 10.6 Å². The van der Waals surface area contributed by atoms with Gasteiger partial charge in [0.2, 0.25) is 0 Å². The lowest BCUT2D eigenvalue weighted by Gasteiger charge is -2.19. The van der Waals surface area contributed by atoms with Crippen molar-refractivity contribution < 1.29 is 14.3 Å². The average molecular weight is 331 g/mol. The zero-order chi connectivity index (χ0) is 17.6. The Morgan fingerprint density at radius 3 is 2.50 bits per heavy atom. The summed E-state index contributed by atoms with van der Waals surface area (Å²) in [6.07, 6.45) is 1.46. The van der Waals surface area contributed by atoms with Crippen molar-refractivity contribution in [2.24, 2.45) is 0 Å². The van der Waals surface area contributed by atoms with E-state index in [1.54, 1.807) is 45.0 Å². The van der Waals surface area contributed by atoms with E-state index < -0.39 is 11.7 Å². The molecule has 2 amide bonds. The van der Waals surface area contributed by atoms with E-state index in [1.807, 2.05) is 0 Å². The first kappa shape index (κ1) is 17.5. The minimum atomic E-state index is -0.562. The number of aromatic amines is 1. The number of carbonyl (C=O) groups is 2. The number of aromatic nitrogens is 3. The molecule has 2 rings (SSSR count). The summed E-state index contributed by atoms with van der Waals surface area (Å²) in [7, 11) is 0. The van der Waals surface area contributed by atoms with Gasteiger partial charge in [0, 0.05) is 24.2 Å². The van der Waals surface area contributed by atoms with E-state index in [-0.39, 0.29) is 5.91 Å². The number of nitrogens with one attached hydrogen (secondary N) is 3. The van der Waals surface area contributed by atoms with Crippen LogP contribution in [0.3, 0.4) is 0 Å². The van der Waals surface area contributed by atoms with E-state index in [1.165, 1.54) is 6.33 Å². The first-order valence-electron chi connectivity index (χ1n) is 7.56. The normalized spacial score (nSPS) is 11.0. The molecule has 0 saturated carbocycles. The van der Waals surface area contributed by atoms with Gasteiger partial charge in [0.05, 0.1) is 0 Å². The molecule has 3 N–H and O–H groups in total. The predicted molar refractivity (Wildman–Crippen MR) is 88.7 cm³/mol. The molecule has 0 aliphatic heterocycles. The molecule has 0 atom stereocenters. The number of amides is 2. The van der Waals surface area contributed by atoms with Gasteiger partial charge in [0.15, 0.2) is 0 Å². The lowest BCUT2D eigenvalue weighted by molar-refractivity contribution is 0.0635. The van der Waals surface area contributed by atoms with Crippen molar-refractivity contribution in [2.75, 3.05) is 11.9 Å². The molecule has 24 heavy (non-hydrogen) atoms. The first-order valence-corrected chi connectivity index (χ1v) is 7.56. The standard InChI is InChI=1S/C16H21N5O3/c1-16(2,3)24-15(23)20-12-6-4-11(5-7-12)14(22)17-9-8-13-18-10-19-21-13/h4-7,10H,8-9H2,1-3H3,(H,17,22)(H,20,23)(H,18,19,21). The highest BCUT2D eigenvalue weighted by Crippen LogP contribution is 2.13. The Morgan fingerprint density at radius 1 is 1.21 bits per heavy atom. The topological polar surface area (TPSA) is 109 Å². The van der Waals surface area contributed by atoms with E-state index in [0.717, 1.165) is 0 Å². The highest BCUT2D eigenvalue weighted by molar-refractivity contribution is 5.95. The monoisotopic (exact) mass is 331 g/mol. The third-order valence-corrected chi connectivity index (χ3v) is 2.90. The molecule has 8 heteroatoms. The number of ether oxygens (including phenoxy) is 1. The lowest BCUT2D eigenvalue weighted by Crippen LogP contribution is -2.27. The summed E-state index contributed by atoms with van der Waals surface area (Å²) in [4.78, 5) is 27.7. The quantitative estimate of drug-likeness (QED) is 0.777. The number of anilines is 1. The Kier molecular flexibility index (Phi) is 5.51. The van der Waals surface area contributed by atoms with Gasteiger partial charge in [-0.15, -0.1) is 0 Å². The van der Waals surface area contributed by atoms with Crippen LogP contribution in [-0.2, 0) is 11.2 Å². The molecule has 1 aromatic heterocycles. The molecule has 0 spiro atoms. The summed E-state index contributed by atoms with van der Waals surface area (Å²) in [5, 5.41) is 11.9. The number of nitrogens with zero attached hydrogens (tertiary/aromatic N) is 2. The second-order valence-electron chi connectivity index (χ2n) is 6.14. The summed E-state index contributed by atoms with van der Waals surface area (Å²) >= 11 is 0. The number of rotatable bonds is 5. The van der Waals surface area contributed by atoms with Gasteiger partial charge in [-0.3, -0.25) is 15.2 Å². The lowest BCUT2D eigenvalue weighted by atomic mass is 10.2. The van der Waals surface area contributed by atoms with Crippen LogP contribution in [0, 0.1) is 0 Å².